The molecule has 1 unspecified atom stereocenters. The SMILES string of the molecule is CC1(N=[N+]=[N-])CCCCn2c1nc(-c1ccncn1)cc2=O. The summed E-state index contributed by atoms with van der Waals surface area (Å²) in [6, 6.07) is 3.16. The molecule has 0 amide bonds. The smallest absolute Gasteiger partial charge is 0.254 e. The first-order valence-corrected chi connectivity index (χ1v) is 7.09. The Kier molecular flexibility index (Phi) is 3.60. The molecule has 2 aromatic rings. The lowest BCUT2D eigenvalue weighted by Crippen LogP contribution is -2.31. The van der Waals surface area contributed by atoms with Crippen molar-refractivity contribution in [2.45, 2.75) is 38.3 Å². The molecule has 0 spiro atoms. The molecule has 0 bridgehead atoms. The molecule has 8 nitrogen and oxygen atoms in total. The van der Waals surface area contributed by atoms with Crippen LogP contribution in [0.3, 0.4) is 0 Å². The molecule has 0 aromatic carbocycles. The van der Waals surface area contributed by atoms with Crippen molar-refractivity contribution >= 4 is 0 Å². The third kappa shape index (κ3) is 2.44. The van der Waals surface area contributed by atoms with E-state index < -0.39 is 5.54 Å². The lowest BCUT2D eigenvalue weighted by Gasteiger charge is -2.23. The number of nitrogens with zero attached hydrogens (tertiary/aromatic N) is 7. The van der Waals surface area contributed by atoms with Gasteiger partial charge in [-0.2, -0.15) is 0 Å². The van der Waals surface area contributed by atoms with Crippen molar-refractivity contribution in [3.63, 3.8) is 0 Å². The van der Waals surface area contributed by atoms with Crippen LogP contribution in [0.1, 0.15) is 32.0 Å². The average molecular weight is 297 g/mol. The first kappa shape index (κ1) is 14.2. The minimum absolute atomic E-state index is 0.153. The quantitative estimate of drug-likeness (QED) is 0.481. The van der Waals surface area contributed by atoms with E-state index in [4.69, 9.17) is 5.53 Å². The average Bonchev–Trinajstić information content (AvgIpc) is 2.69. The zero-order valence-electron chi connectivity index (χ0n) is 12.2. The highest BCUT2D eigenvalue weighted by molar-refractivity contribution is 5.52. The van der Waals surface area contributed by atoms with E-state index in [0.29, 0.717) is 30.2 Å². The summed E-state index contributed by atoms with van der Waals surface area (Å²) in [5.41, 5.74) is 8.94. The molecule has 22 heavy (non-hydrogen) atoms. The van der Waals surface area contributed by atoms with Crippen LogP contribution in [0.2, 0.25) is 0 Å². The summed E-state index contributed by atoms with van der Waals surface area (Å²) in [6.45, 7) is 2.40. The van der Waals surface area contributed by atoms with Gasteiger partial charge in [-0.05, 0) is 31.4 Å². The molecular formula is C14H15N7O. The van der Waals surface area contributed by atoms with E-state index in [1.165, 1.54) is 12.4 Å². The van der Waals surface area contributed by atoms with Crippen molar-refractivity contribution in [1.82, 2.24) is 19.5 Å². The molecule has 1 aliphatic heterocycles. The van der Waals surface area contributed by atoms with Crippen LogP contribution in [0, 0.1) is 0 Å². The predicted octanol–water partition coefficient (Wildman–Crippen LogP) is 2.41. The van der Waals surface area contributed by atoms with Gasteiger partial charge in [-0.3, -0.25) is 9.36 Å². The van der Waals surface area contributed by atoms with Crippen molar-refractivity contribution in [1.29, 1.82) is 0 Å². The van der Waals surface area contributed by atoms with Gasteiger partial charge < -0.3 is 0 Å². The highest BCUT2D eigenvalue weighted by Crippen LogP contribution is 2.33. The maximum atomic E-state index is 12.4. The van der Waals surface area contributed by atoms with Crippen molar-refractivity contribution in [3.05, 3.63) is 51.3 Å². The normalized spacial score (nSPS) is 20.6. The Labute approximate surface area is 126 Å². The molecule has 8 heteroatoms. The van der Waals surface area contributed by atoms with Crippen LogP contribution in [0.25, 0.3) is 21.8 Å². The molecule has 0 radical (unpaired) electrons. The van der Waals surface area contributed by atoms with E-state index in [1.54, 1.807) is 16.8 Å². The van der Waals surface area contributed by atoms with Crippen molar-refractivity contribution in [3.8, 4) is 11.4 Å². The van der Waals surface area contributed by atoms with E-state index in [9.17, 15) is 4.79 Å². The molecule has 1 atom stereocenters. The Hall–Kier alpha value is -2.73. The molecule has 0 fully saturated rings. The maximum Gasteiger partial charge on any atom is 0.254 e. The summed E-state index contributed by atoms with van der Waals surface area (Å²) in [5, 5.41) is 3.92. The zero-order valence-corrected chi connectivity index (χ0v) is 12.2. The lowest BCUT2D eigenvalue weighted by atomic mass is 9.96. The predicted molar refractivity (Wildman–Crippen MR) is 79.9 cm³/mol. The molecule has 3 heterocycles. The van der Waals surface area contributed by atoms with Crippen LogP contribution in [0.5, 0.6) is 0 Å². The Morgan fingerprint density at radius 2 is 2.27 bits per heavy atom. The van der Waals surface area contributed by atoms with E-state index in [0.717, 1.165) is 12.8 Å². The summed E-state index contributed by atoms with van der Waals surface area (Å²) in [7, 11) is 0. The van der Waals surface area contributed by atoms with Gasteiger partial charge in [0.25, 0.3) is 5.56 Å². The number of aromatic nitrogens is 4. The van der Waals surface area contributed by atoms with Gasteiger partial charge in [-0.25, -0.2) is 15.0 Å². The summed E-state index contributed by atoms with van der Waals surface area (Å²) >= 11 is 0. The van der Waals surface area contributed by atoms with Gasteiger partial charge in [0.15, 0.2) is 0 Å². The van der Waals surface area contributed by atoms with Crippen molar-refractivity contribution in [2.75, 3.05) is 0 Å². The Bertz CT molecular complexity index is 795. The van der Waals surface area contributed by atoms with E-state index in [-0.39, 0.29) is 5.56 Å². The second-order valence-electron chi connectivity index (χ2n) is 5.47. The second-order valence-corrected chi connectivity index (χ2v) is 5.47. The third-order valence-electron chi connectivity index (χ3n) is 3.90. The van der Waals surface area contributed by atoms with Crippen LogP contribution in [-0.4, -0.2) is 19.5 Å². The topological polar surface area (TPSA) is 109 Å². The van der Waals surface area contributed by atoms with E-state index in [2.05, 4.69) is 25.0 Å². The molecule has 112 valence electrons. The molecule has 0 aliphatic carbocycles. The Morgan fingerprint density at radius 1 is 1.41 bits per heavy atom. The minimum Gasteiger partial charge on any atom is -0.296 e. The van der Waals surface area contributed by atoms with E-state index in [1.807, 2.05) is 6.92 Å². The van der Waals surface area contributed by atoms with Crippen LogP contribution >= 0.6 is 0 Å². The van der Waals surface area contributed by atoms with Crippen LogP contribution < -0.4 is 5.56 Å². The van der Waals surface area contributed by atoms with Gasteiger partial charge in [0, 0.05) is 23.7 Å². The molecule has 1 aliphatic rings. The van der Waals surface area contributed by atoms with Gasteiger partial charge in [0.2, 0.25) is 0 Å². The molecule has 0 saturated heterocycles. The highest BCUT2D eigenvalue weighted by atomic mass is 16.1. The fraction of sp³-hybridized carbons (Fsp3) is 0.429. The second kappa shape index (κ2) is 5.57. The summed E-state index contributed by atoms with van der Waals surface area (Å²) in [6.07, 6.45) is 5.41. The number of fused-ring (bicyclic) bond motifs is 1. The Balaban J connectivity index is 2.25. The largest absolute Gasteiger partial charge is 0.296 e. The zero-order chi connectivity index (χ0) is 15.6. The van der Waals surface area contributed by atoms with Gasteiger partial charge >= 0.3 is 0 Å². The fourth-order valence-electron chi connectivity index (χ4n) is 2.75. The van der Waals surface area contributed by atoms with Crippen molar-refractivity contribution < 1.29 is 0 Å². The minimum atomic E-state index is -0.826. The monoisotopic (exact) mass is 297 g/mol. The maximum absolute atomic E-state index is 12.4. The Morgan fingerprint density at radius 3 is 3.00 bits per heavy atom. The standard InChI is InChI=1S/C14H15N7O/c1-14(19-20-15)5-2-3-7-21-12(22)8-11(18-13(14)21)10-4-6-16-9-17-10/h4,6,8-9H,2-3,5,7H2,1H3. The van der Waals surface area contributed by atoms with Crippen LogP contribution in [-0.2, 0) is 12.1 Å². The summed E-state index contributed by atoms with van der Waals surface area (Å²) < 4.78 is 1.60. The first-order chi connectivity index (χ1) is 10.6. The van der Waals surface area contributed by atoms with Gasteiger partial charge in [0.1, 0.15) is 17.7 Å². The molecule has 2 aromatic heterocycles. The molecule has 0 saturated carbocycles. The highest BCUT2D eigenvalue weighted by Gasteiger charge is 2.33. The van der Waals surface area contributed by atoms with Crippen LogP contribution in [0.4, 0.5) is 0 Å². The van der Waals surface area contributed by atoms with Gasteiger partial charge in [-0.15, -0.1) is 0 Å². The molecule has 0 N–H and O–H groups in total. The molecule has 3 rings (SSSR count). The first-order valence-electron chi connectivity index (χ1n) is 7.09. The van der Waals surface area contributed by atoms with Crippen LogP contribution in [0.15, 0.2) is 34.6 Å². The fourth-order valence-corrected chi connectivity index (χ4v) is 2.75. The third-order valence-corrected chi connectivity index (χ3v) is 3.90. The lowest BCUT2D eigenvalue weighted by molar-refractivity contribution is 0.415. The number of hydrogen-bond donors (Lipinski definition) is 0. The number of rotatable bonds is 2. The number of azide groups is 1. The summed E-state index contributed by atoms with van der Waals surface area (Å²) in [5.74, 6) is 0.504. The summed E-state index contributed by atoms with van der Waals surface area (Å²) in [4.78, 5) is 28.0. The van der Waals surface area contributed by atoms with Gasteiger partial charge in [-0.1, -0.05) is 11.5 Å². The van der Waals surface area contributed by atoms with Gasteiger partial charge in [0.05, 0.1) is 11.4 Å². The molecular weight excluding hydrogens is 282 g/mol. The van der Waals surface area contributed by atoms with Crippen molar-refractivity contribution in [2.24, 2.45) is 5.11 Å². The van der Waals surface area contributed by atoms with E-state index >= 15 is 0 Å². The number of hydrogen-bond acceptors (Lipinski definition) is 5.